The summed E-state index contributed by atoms with van der Waals surface area (Å²) in [6.07, 6.45) is 3.03. The first-order chi connectivity index (χ1) is 16.0. The molecule has 2 aromatic heterocycles. The molecule has 0 aliphatic rings. The van der Waals surface area contributed by atoms with E-state index in [9.17, 15) is 4.79 Å². The van der Waals surface area contributed by atoms with E-state index in [4.69, 9.17) is 23.7 Å². The first kappa shape index (κ1) is 23.9. The molecule has 0 amide bonds. The number of hydrogen-bond acceptors (Lipinski definition) is 9. The lowest BCUT2D eigenvalue weighted by molar-refractivity contribution is 0.0524. The number of carbonyl (C=O) groups excluding carboxylic acids is 1. The van der Waals surface area contributed by atoms with Crippen molar-refractivity contribution < 1.29 is 28.5 Å². The lowest BCUT2D eigenvalue weighted by atomic mass is 10.2. The zero-order valence-electron chi connectivity index (χ0n) is 19.2. The van der Waals surface area contributed by atoms with Crippen LogP contribution in [0.15, 0.2) is 42.7 Å². The van der Waals surface area contributed by atoms with Crippen molar-refractivity contribution in [1.29, 1.82) is 0 Å². The smallest absolute Gasteiger partial charge is 0.341 e. The van der Waals surface area contributed by atoms with E-state index in [1.807, 2.05) is 24.3 Å². The third kappa shape index (κ3) is 6.39. The fraction of sp³-hybridized carbons (Fsp3) is 0.333. The molecule has 1 aromatic carbocycles. The standard InChI is InChI=1S/C24H27N3O6/c1-5-31-24(28)19-13-26-23(27-16(19)2)20-14-25-22(12-21(20)32-11-10-29-3)33-15-17-6-8-18(30-4)9-7-17/h6-9,12-14H,5,10-11,15H2,1-4H3. The minimum Gasteiger partial charge on any atom is -0.497 e. The summed E-state index contributed by atoms with van der Waals surface area (Å²) in [4.78, 5) is 25.2. The minimum atomic E-state index is -0.460. The molecule has 33 heavy (non-hydrogen) atoms. The number of aromatic nitrogens is 3. The molecule has 0 unspecified atom stereocenters. The molecule has 3 aromatic rings. The predicted molar refractivity (Wildman–Crippen MR) is 121 cm³/mol. The molecule has 0 N–H and O–H groups in total. The van der Waals surface area contributed by atoms with Gasteiger partial charge >= 0.3 is 5.97 Å². The molecule has 0 saturated heterocycles. The van der Waals surface area contributed by atoms with E-state index in [-0.39, 0.29) is 6.61 Å². The van der Waals surface area contributed by atoms with E-state index < -0.39 is 5.97 Å². The Hall–Kier alpha value is -3.72. The lowest BCUT2D eigenvalue weighted by Crippen LogP contribution is -2.10. The maximum absolute atomic E-state index is 12.0. The number of benzene rings is 1. The Bertz CT molecular complexity index is 1070. The van der Waals surface area contributed by atoms with Gasteiger partial charge in [0, 0.05) is 25.6 Å². The van der Waals surface area contributed by atoms with Crippen molar-refractivity contribution in [3.05, 3.63) is 59.5 Å². The second-order valence-electron chi connectivity index (χ2n) is 6.91. The highest BCUT2D eigenvalue weighted by atomic mass is 16.5. The predicted octanol–water partition coefficient (Wildman–Crippen LogP) is 3.64. The molecule has 0 fully saturated rings. The summed E-state index contributed by atoms with van der Waals surface area (Å²) >= 11 is 0. The molecule has 0 aliphatic carbocycles. The van der Waals surface area contributed by atoms with Gasteiger partial charge < -0.3 is 23.7 Å². The SMILES string of the molecule is CCOC(=O)c1cnc(-c2cnc(OCc3ccc(OC)cc3)cc2OCCOC)nc1C. The van der Waals surface area contributed by atoms with Gasteiger partial charge in [-0.05, 0) is 31.5 Å². The number of rotatable bonds is 11. The molecule has 3 rings (SSSR count). The van der Waals surface area contributed by atoms with Gasteiger partial charge in [0.2, 0.25) is 5.88 Å². The molecule has 0 aliphatic heterocycles. The van der Waals surface area contributed by atoms with E-state index in [2.05, 4.69) is 15.0 Å². The van der Waals surface area contributed by atoms with E-state index in [1.54, 1.807) is 40.3 Å². The number of pyridine rings is 1. The molecule has 9 nitrogen and oxygen atoms in total. The zero-order valence-corrected chi connectivity index (χ0v) is 19.2. The van der Waals surface area contributed by atoms with Crippen molar-refractivity contribution in [2.24, 2.45) is 0 Å². The Morgan fingerprint density at radius 1 is 1.00 bits per heavy atom. The van der Waals surface area contributed by atoms with Crippen LogP contribution < -0.4 is 14.2 Å². The van der Waals surface area contributed by atoms with Gasteiger partial charge in [0.05, 0.1) is 37.1 Å². The fourth-order valence-electron chi connectivity index (χ4n) is 2.91. The number of ether oxygens (including phenoxy) is 5. The largest absolute Gasteiger partial charge is 0.497 e. The normalized spacial score (nSPS) is 10.5. The molecule has 174 valence electrons. The van der Waals surface area contributed by atoms with Crippen LogP contribution in [-0.4, -0.2) is 55.0 Å². The van der Waals surface area contributed by atoms with Crippen LogP contribution in [0.5, 0.6) is 17.4 Å². The molecule has 9 heteroatoms. The number of nitrogens with zero attached hydrogens (tertiary/aromatic N) is 3. The quantitative estimate of drug-likeness (QED) is 0.318. The highest BCUT2D eigenvalue weighted by molar-refractivity contribution is 5.90. The average Bonchev–Trinajstić information content (AvgIpc) is 2.83. The van der Waals surface area contributed by atoms with E-state index in [1.165, 1.54) is 6.20 Å². The van der Waals surface area contributed by atoms with Crippen molar-refractivity contribution in [3.63, 3.8) is 0 Å². The number of methoxy groups -OCH3 is 2. The monoisotopic (exact) mass is 453 g/mol. The van der Waals surface area contributed by atoms with Gasteiger partial charge in [-0.1, -0.05) is 12.1 Å². The Balaban J connectivity index is 1.83. The van der Waals surface area contributed by atoms with E-state index >= 15 is 0 Å². The fourth-order valence-corrected chi connectivity index (χ4v) is 2.91. The van der Waals surface area contributed by atoms with Crippen LogP contribution in [-0.2, 0) is 16.1 Å². The summed E-state index contributed by atoms with van der Waals surface area (Å²) in [7, 11) is 3.22. The van der Waals surface area contributed by atoms with Crippen LogP contribution in [0.2, 0.25) is 0 Å². The van der Waals surface area contributed by atoms with Gasteiger partial charge in [-0.25, -0.2) is 19.7 Å². The topological polar surface area (TPSA) is 102 Å². The van der Waals surface area contributed by atoms with Crippen molar-refractivity contribution in [2.75, 3.05) is 34.0 Å². The number of aryl methyl sites for hydroxylation is 1. The second-order valence-corrected chi connectivity index (χ2v) is 6.91. The third-order valence-electron chi connectivity index (χ3n) is 4.65. The minimum absolute atomic E-state index is 0.277. The number of carbonyl (C=O) groups is 1. The van der Waals surface area contributed by atoms with Crippen molar-refractivity contribution in [2.45, 2.75) is 20.5 Å². The zero-order chi connectivity index (χ0) is 23.6. The first-order valence-corrected chi connectivity index (χ1v) is 10.4. The van der Waals surface area contributed by atoms with Crippen LogP contribution in [0.3, 0.4) is 0 Å². The molecule has 0 saturated carbocycles. The van der Waals surface area contributed by atoms with Crippen LogP contribution in [0.25, 0.3) is 11.4 Å². The highest BCUT2D eigenvalue weighted by Crippen LogP contribution is 2.30. The molecule has 2 heterocycles. The van der Waals surface area contributed by atoms with E-state index in [0.29, 0.717) is 54.1 Å². The Labute approximate surface area is 192 Å². The number of hydrogen-bond donors (Lipinski definition) is 0. The van der Waals surface area contributed by atoms with Gasteiger partial charge in [0.1, 0.15) is 24.7 Å². The van der Waals surface area contributed by atoms with Crippen LogP contribution >= 0.6 is 0 Å². The molecule has 0 spiro atoms. The maximum atomic E-state index is 12.0. The molecular weight excluding hydrogens is 426 g/mol. The Morgan fingerprint density at radius 2 is 1.79 bits per heavy atom. The Morgan fingerprint density at radius 3 is 2.45 bits per heavy atom. The van der Waals surface area contributed by atoms with E-state index in [0.717, 1.165) is 11.3 Å². The summed E-state index contributed by atoms with van der Waals surface area (Å²) in [5.74, 6) is 1.58. The highest BCUT2D eigenvalue weighted by Gasteiger charge is 2.17. The van der Waals surface area contributed by atoms with Gasteiger partial charge in [-0.3, -0.25) is 0 Å². The Kier molecular flexibility index (Phi) is 8.54. The van der Waals surface area contributed by atoms with Gasteiger partial charge in [-0.15, -0.1) is 0 Å². The summed E-state index contributed by atoms with van der Waals surface area (Å²) in [5.41, 5.74) is 2.36. The van der Waals surface area contributed by atoms with Crippen LogP contribution in [0.1, 0.15) is 28.5 Å². The van der Waals surface area contributed by atoms with Gasteiger partial charge in [0.25, 0.3) is 0 Å². The van der Waals surface area contributed by atoms with Crippen molar-refractivity contribution in [3.8, 4) is 28.8 Å². The first-order valence-electron chi connectivity index (χ1n) is 10.4. The maximum Gasteiger partial charge on any atom is 0.341 e. The van der Waals surface area contributed by atoms with Crippen molar-refractivity contribution >= 4 is 5.97 Å². The summed E-state index contributed by atoms with van der Waals surface area (Å²) in [6, 6.07) is 9.27. The van der Waals surface area contributed by atoms with Crippen LogP contribution in [0, 0.1) is 6.92 Å². The lowest BCUT2D eigenvalue weighted by Gasteiger charge is -2.13. The van der Waals surface area contributed by atoms with Crippen molar-refractivity contribution in [1.82, 2.24) is 15.0 Å². The second kappa shape index (κ2) is 11.8. The number of esters is 1. The average molecular weight is 453 g/mol. The van der Waals surface area contributed by atoms with Gasteiger partial charge in [-0.2, -0.15) is 0 Å². The molecule has 0 bridgehead atoms. The molecular formula is C24H27N3O6. The van der Waals surface area contributed by atoms with Gasteiger partial charge in [0.15, 0.2) is 5.82 Å². The third-order valence-corrected chi connectivity index (χ3v) is 4.65. The summed E-state index contributed by atoms with van der Waals surface area (Å²) in [6.45, 7) is 4.81. The summed E-state index contributed by atoms with van der Waals surface area (Å²) in [5, 5.41) is 0. The molecule has 0 atom stereocenters. The van der Waals surface area contributed by atoms with Crippen LogP contribution in [0.4, 0.5) is 0 Å². The molecule has 0 radical (unpaired) electrons. The summed E-state index contributed by atoms with van der Waals surface area (Å²) < 4.78 is 27.0.